The third kappa shape index (κ3) is 1.86. The van der Waals surface area contributed by atoms with Crippen molar-refractivity contribution in [2.75, 3.05) is 5.73 Å². The van der Waals surface area contributed by atoms with Gasteiger partial charge in [-0.3, -0.25) is 0 Å². The summed E-state index contributed by atoms with van der Waals surface area (Å²) in [5.41, 5.74) is 7.02. The standard InChI is InChI=1S/C12H10N2O2/c13-11-6-9(12(15)16)10(7-14-11)8-4-2-1-3-5-8/h1-7H,(H2,13,14)(H,15,16). The fourth-order valence-corrected chi connectivity index (χ4v) is 1.50. The van der Waals surface area contributed by atoms with Crippen molar-refractivity contribution >= 4 is 11.8 Å². The molecule has 0 fully saturated rings. The predicted molar refractivity (Wildman–Crippen MR) is 61.0 cm³/mol. The van der Waals surface area contributed by atoms with Gasteiger partial charge in [0.2, 0.25) is 0 Å². The summed E-state index contributed by atoms with van der Waals surface area (Å²) >= 11 is 0. The van der Waals surface area contributed by atoms with E-state index in [2.05, 4.69) is 4.98 Å². The Labute approximate surface area is 92.4 Å². The van der Waals surface area contributed by atoms with Gasteiger partial charge in [0, 0.05) is 11.8 Å². The van der Waals surface area contributed by atoms with Crippen molar-refractivity contribution in [3.05, 3.63) is 48.2 Å². The highest BCUT2D eigenvalue weighted by molar-refractivity contribution is 5.96. The number of carboxylic acid groups (broad SMARTS) is 1. The lowest BCUT2D eigenvalue weighted by atomic mass is 10.0. The Hall–Kier alpha value is -2.36. The molecule has 0 unspecified atom stereocenters. The van der Waals surface area contributed by atoms with E-state index in [9.17, 15) is 4.79 Å². The van der Waals surface area contributed by atoms with Crippen molar-refractivity contribution in [3.63, 3.8) is 0 Å². The number of hydrogen-bond donors (Lipinski definition) is 2. The second-order valence-corrected chi connectivity index (χ2v) is 3.33. The molecular weight excluding hydrogens is 204 g/mol. The van der Waals surface area contributed by atoms with Crippen molar-refractivity contribution in [1.29, 1.82) is 0 Å². The molecule has 0 saturated carbocycles. The SMILES string of the molecule is Nc1cc(C(=O)O)c(-c2ccccc2)cn1. The molecule has 0 radical (unpaired) electrons. The van der Waals surface area contributed by atoms with Gasteiger partial charge in [-0.05, 0) is 11.6 Å². The number of carbonyl (C=O) groups is 1. The summed E-state index contributed by atoms with van der Waals surface area (Å²) in [7, 11) is 0. The molecule has 2 aromatic rings. The number of aromatic carboxylic acids is 1. The maximum Gasteiger partial charge on any atom is 0.336 e. The Morgan fingerprint density at radius 1 is 1.25 bits per heavy atom. The third-order valence-electron chi connectivity index (χ3n) is 2.24. The summed E-state index contributed by atoms with van der Waals surface area (Å²) < 4.78 is 0. The summed E-state index contributed by atoms with van der Waals surface area (Å²) in [6.07, 6.45) is 1.48. The van der Waals surface area contributed by atoms with Gasteiger partial charge in [0.05, 0.1) is 5.56 Å². The number of anilines is 1. The van der Waals surface area contributed by atoms with Crippen LogP contribution in [0.15, 0.2) is 42.6 Å². The molecule has 0 saturated heterocycles. The molecule has 2 rings (SSSR count). The van der Waals surface area contributed by atoms with E-state index in [-0.39, 0.29) is 11.4 Å². The van der Waals surface area contributed by atoms with Crippen molar-refractivity contribution in [2.45, 2.75) is 0 Å². The number of hydrogen-bond acceptors (Lipinski definition) is 3. The Kier molecular flexibility index (Phi) is 2.55. The molecule has 1 aromatic heterocycles. The van der Waals surface area contributed by atoms with Crippen molar-refractivity contribution < 1.29 is 9.90 Å². The van der Waals surface area contributed by atoms with Gasteiger partial charge in [0.15, 0.2) is 0 Å². The number of pyridine rings is 1. The summed E-state index contributed by atoms with van der Waals surface area (Å²) in [6, 6.07) is 10.6. The smallest absolute Gasteiger partial charge is 0.336 e. The van der Waals surface area contributed by atoms with Gasteiger partial charge in [-0.1, -0.05) is 30.3 Å². The van der Waals surface area contributed by atoms with Crippen LogP contribution in [0, 0.1) is 0 Å². The summed E-state index contributed by atoms with van der Waals surface area (Å²) in [4.78, 5) is 15.0. The first-order valence-electron chi connectivity index (χ1n) is 4.72. The molecule has 16 heavy (non-hydrogen) atoms. The lowest BCUT2D eigenvalue weighted by Gasteiger charge is -2.06. The zero-order chi connectivity index (χ0) is 11.5. The molecule has 1 aromatic carbocycles. The highest BCUT2D eigenvalue weighted by atomic mass is 16.4. The molecule has 4 heteroatoms. The molecule has 0 spiro atoms. The van der Waals surface area contributed by atoms with Crippen LogP contribution in [-0.2, 0) is 0 Å². The number of aromatic nitrogens is 1. The van der Waals surface area contributed by atoms with Crippen molar-refractivity contribution in [3.8, 4) is 11.1 Å². The van der Waals surface area contributed by atoms with Crippen molar-refractivity contribution in [2.24, 2.45) is 0 Å². The largest absolute Gasteiger partial charge is 0.478 e. The van der Waals surface area contributed by atoms with E-state index in [0.717, 1.165) is 5.56 Å². The number of rotatable bonds is 2. The van der Waals surface area contributed by atoms with E-state index in [1.54, 1.807) is 0 Å². The molecule has 0 bridgehead atoms. The molecular formula is C12H10N2O2. The summed E-state index contributed by atoms with van der Waals surface area (Å²) in [6.45, 7) is 0. The van der Waals surface area contributed by atoms with Crippen LogP contribution in [0.2, 0.25) is 0 Å². The topological polar surface area (TPSA) is 76.2 Å². The maximum atomic E-state index is 11.1. The third-order valence-corrected chi connectivity index (χ3v) is 2.24. The number of benzene rings is 1. The van der Waals surface area contributed by atoms with Crippen LogP contribution >= 0.6 is 0 Å². The molecule has 0 aliphatic rings. The normalized spacial score (nSPS) is 10.0. The number of nitrogen functional groups attached to an aromatic ring is 1. The highest BCUT2D eigenvalue weighted by Gasteiger charge is 2.12. The predicted octanol–water partition coefficient (Wildman–Crippen LogP) is 2.03. The monoisotopic (exact) mass is 214 g/mol. The van der Waals surface area contributed by atoms with Crippen LogP contribution in [0.25, 0.3) is 11.1 Å². The van der Waals surface area contributed by atoms with E-state index in [0.29, 0.717) is 5.56 Å². The van der Waals surface area contributed by atoms with Crippen LogP contribution in [0.4, 0.5) is 5.82 Å². The van der Waals surface area contributed by atoms with E-state index in [1.165, 1.54) is 12.3 Å². The zero-order valence-corrected chi connectivity index (χ0v) is 8.42. The van der Waals surface area contributed by atoms with Crippen LogP contribution in [0.1, 0.15) is 10.4 Å². The average Bonchev–Trinajstić information content (AvgIpc) is 2.30. The minimum atomic E-state index is -1.01. The second kappa shape index (κ2) is 4.02. The van der Waals surface area contributed by atoms with E-state index in [1.807, 2.05) is 30.3 Å². The molecule has 4 nitrogen and oxygen atoms in total. The second-order valence-electron chi connectivity index (χ2n) is 3.33. The molecule has 3 N–H and O–H groups in total. The lowest BCUT2D eigenvalue weighted by Crippen LogP contribution is -2.02. The average molecular weight is 214 g/mol. The fourth-order valence-electron chi connectivity index (χ4n) is 1.50. The Bertz CT molecular complexity index is 524. The number of carboxylic acids is 1. The van der Waals surface area contributed by atoms with Crippen LogP contribution in [0.5, 0.6) is 0 Å². The van der Waals surface area contributed by atoms with Gasteiger partial charge in [-0.15, -0.1) is 0 Å². The highest BCUT2D eigenvalue weighted by Crippen LogP contribution is 2.23. The van der Waals surface area contributed by atoms with E-state index < -0.39 is 5.97 Å². The maximum absolute atomic E-state index is 11.1. The van der Waals surface area contributed by atoms with E-state index in [4.69, 9.17) is 10.8 Å². The van der Waals surface area contributed by atoms with Gasteiger partial charge in [0.1, 0.15) is 5.82 Å². The van der Waals surface area contributed by atoms with Gasteiger partial charge < -0.3 is 10.8 Å². The number of nitrogens with zero attached hydrogens (tertiary/aromatic N) is 1. The van der Waals surface area contributed by atoms with Gasteiger partial charge >= 0.3 is 5.97 Å². The Morgan fingerprint density at radius 2 is 1.94 bits per heavy atom. The van der Waals surface area contributed by atoms with E-state index >= 15 is 0 Å². The van der Waals surface area contributed by atoms with Crippen LogP contribution < -0.4 is 5.73 Å². The molecule has 0 aliphatic carbocycles. The summed E-state index contributed by atoms with van der Waals surface area (Å²) in [5.74, 6) is -0.801. The van der Waals surface area contributed by atoms with Crippen LogP contribution in [-0.4, -0.2) is 16.1 Å². The number of nitrogens with two attached hydrogens (primary N) is 1. The molecule has 0 amide bonds. The van der Waals surface area contributed by atoms with Gasteiger partial charge in [-0.2, -0.15) is 0 Å². The Balaban J connectivity index is 2.61. The molecule has 80 valence electrons. The minimum Gasteiger partial charge on any atom is -0.478 e. The molecule has 1 heterocycles. The summed E-state index contributed by atoms with van der Waals surface area (Å²) in [5, 5.41) is 9.07. The molecule has 0 aliphatic heterocycles. The van der Waals surface area contributed by atoms with Crippen molar-refractivity contribution in [1.82, 2.24) is 4.98 Å². The minimum absolute atomic E-state index is 0.165. The lowest BCUT2D eigenvalue weighted by molar-refractivity contribution is 0.0697. The van der Waals surface area contributed by atoms with Crippen LogP contribution in [0.3, 0.4) is 0 Å². The van der Waals surface area contributed by atoms with Gasteiger partial charge in [0.25, 0.3) is 0 Å². The Morgan fingerprint density at radius 3 is 2.56 bits per heavy atom. The molecule has 0 atom stereocenters. The first-order valence-corrected chi connectivity index (χ1v) is 4.72. The quantitative estimate of drug-likeness (QED) is 0.801. The first kappa shape index (κ1) is 10.2. The van der Waals surface area contributed by atoms with Gasteiger partial charge in [-0.25, -0.2) is 9.78 Å². The first-order chi connectivity index (χ1) is 7.68. The zero-order valence-electron chi connectivity index (χ0n) is 8.42. The fraction of sp³-hybridized carbons (Fsp3) is 0.